The summed E-state index contributed by atoms with van der Waals surface area (Å²) >= 11 is 6.86. The SMILES string of the molecule is COc1ccc(COc2ccc(C3C4=C(CC(C)(C)CC4=O)Nc4c(O)cccc4N3C(C)=O)c(Cl)c2)cc1. The highest BCUT2D eigenvalue weighted by atomic mass is 35.5. The normalized spacial score (nSPS) is 18.0. The van der Waals surface area contributed by atoms with Crippen molar-refractivity contribution in [3.05, 3.63) is 88.1 Å². The number of benzene rings is 3. The summed E-state index contributed by atoms with van der Waals surface area (Å²) in [6, 6.07) is 17.1. The summed E-state index contributed by atoms with van der Waals surface area (Å²) in [5.74, 6) is 0.979. The van der Waals surface area contributed by atoms with E-state index in [1.54, 1.807) is 48.4 Å². The summed E-state index contributed by atoms with van der Waals surface area (Å²) in [5, 5.41) is 14.4. The van der Waals surface area contributed by atoms with E-state index in [0.717, 1.165) is 11.3 Å². The molecule has 1 heterocycles. The zero-order valence-corrected chi connectivity index (χ0v) is 23.1. The number of Topliss-reactive ketones (excluding diaryl/α,β-unsaturated/α-hetero) is 1. The molecule has 1 atom stereocenters. The summed E-state index contributed by atoms with van der Waals surface area (Å²) in [5.41, 5.74) is 3.31. The van der Waals surface area contributed by atoms with E-state index in [2.05, 4.69) is 5.32 Å². The van der Waals surface area contributed by atoms with Crippen molar-refractivity contribution in [2.45, 2.75) is 46.3 Å². The zero-order valence-electron chi connectivity index (χ0n) is 22.4. The third-order valence-corrected chi connectivity index (χ3v) is 7.51. The predicted molar refractivity (Wildman–Crippen MR) is 151 cm³/mol. The number of fused-ring (bicyclic) bond motifs is 1. The molecule has 0 saturated carbocycles. The number of nitrogens with zero attached hydrogens (tertiary/aromatic N) is 1. The molecular weight excluding hydrogens is 516 g/mol. The van der Waals surface area contributed by atoms with E-state index in [-0.39, 0.29) is 22.9 Å². The van der Waals surface area contributed by atoms with Gasteiger partial charge in [0.1, 0.15) is 29.5 Å². The Balaban J connectivity index is 1.57. The molecule has 7 nitrogen and oxygen atoms in total. The maximum Gasteiger partial charge on any atom is 0.224 e. The molecule has 0 saturated heterocycles. The number of phenols is 1. The highest BCUT2D eigenvalue weighted by molar-refractivity contribution is 6.31. The minimum atomic E-state index is -0.778. The molecule has 2 N–H and O–H groups in total. The van der Waals surface area contributed by atoms with Crippen molar-refractivity contribution in [2.75, 3.05) is 17.3 Å². The number of phenolic OH excluding ortho intramolecular Hbond substituents is 1. The lowest BCUT2D eigenvalue weighted by Crippen LogP contribution is -2.38. The largest absolute Gasteiger partial charge is 0.506 e. The highest BCUT2D eigenvalue weighted by Crippen LogP contribution is 2.51. The van der Waals surface area contributed by atoms with Crippen molar-refractivity contribution >= 4 is 34.7 Å². The Labute approximate surface area is 233 Å². The monoisotopic (exact) mass is 546 g/mol. The number of aromatic hydroxyl groups is 1. The van der Waals surface area contributed by atoms with Crippen molar-refractivity contribution in [3.8, 4) is 17.2 Å². The second kappa shape index (κ2) is 10.3. The van der Waals surface area contributed by atoms with Crippen LogP contribution in [0.3, 0.4) is 0 Å². The molecule has 1 unspecified atom stereocenters. The smallest absolute Gasteiger partial charge is 0.224 e. The van der Waals surface area contributed by atoms with Gasteiger partial charge < -0.3 is 19.9 Å². The first kappa shape index (κ1) is 26.6. The lowest BCUT2D eigenvalue weighted by Gasteiger charge is -2.37. The number of allylic oxidation sites excluding steroid dienone is 1. The molecule has 0 aromatic heterocycles. The van der Waals surface area contributed by atoms with E-state index in [1.165, 1.54) is 6.92 Å². The van der Waals surface area contributed by atoms with Crippen LogP contribution in [0.4, 0.5) is 11.4 Å². The van der Waals surface area contributed by atoms with E-state index in [1.807, 2.05) is 38.1 Å². The van der Waals surface area contributed by atoms with Crippen LogP contribution in [0.25, 0.3) is 0 Å². The summed E-state index contributed by atoms with van der Waals surface area (Å²) in [6.07, 6.45) is 0.906. The molecule has 8 heteroatoms. The van der Waals surface area contributed by atoms with Crippen molar-refractivity contribution in [1.82, 2.24) is 0 Å². The topological polar surface area (TPSA) is 88.1 Å². The molecule has 1 amide bonds. The van der Waals surface area contributed by atoms with Gasteiger partial charge in [0, 0.05) is 29.6 Å². The lowest BCUT2D eigenvalue weighted by molar-refractivity contribution is -0.118. The molecule has 0 fully saturated rings. The Morgan fingerprint density at radius 2 is 1.82 bits per heavy atom. The first-order chi connectivity index (χ1) is 18.6. The number of hydrogen-bond acceptors (Lipinski definition) is 6. The number of halogens is 1. The van der Waals surface area contributed by atoms with Crippen molar-refractivity contribution < 1.29 is 24.2 Å². The quantitative estimate of drug-likeness (QED) is 0.342. The molecule has 1 aliphatic heterocycles. The van der Waals surface area contributed by atoms with E-state index < -0.39 is 6.04 Å². The van der Waals surface area contributed by atoms with E-state index in [4.69, 9.17) is 21.1 Å². The standard InChI is InChI=1S/C31H31ClN2O5/c1-18(35)34-25-6-5-7-26(36)29(25)33-24-15-31(2,3)16-27(37)28(24)30(34)22-13-12-21(14-23(22)32)39-17-19-8-10-20(38-4)11-9-19/h5-14,30,33,36H,15-17H2,1-4H3. The van der Waals surface area contributed by atoms with E-state index in [9.17, 15) is 14.7 Å². The fraction of sp³-hybridized carbons (Fsp3) is 0.290. The average molecular weight is 547 g/mol. The first-order valence-corrected chi connectivity index (χ1v) is 13.2. The van der Waals surface area contributed by atoms with Crippen molar-refractivity contribution in [1.29, 1.82) is 0 Å². The van der Waals surface area contributed by atoms with E-state index in [0.29, 0.717) is 58.4 Å². The molecular formula is C31H31ClN2O5. The van der Waals surface area contributed by atoms with Gasteiger partial charge in [-0.15, -0.1) is 0 Å². The van der Waals surface area contributed by atoms with Gasteiger partial charge in [-0.2, -0.15) is 0 Å². The van der Waals surface area contributed by atoms with Gasteiger partial charge in [0.05, 0.1) is 18.8 Å². The minimum Gasteiger partial charge on any atom is -0.506 e. The van der Waals surface area contributed by atoms with Gasteiger partial charge in [0.25, 0.3) is 0 Å². The molecule has 0 bridgehead atoms. The number of nitrogens with one attached hydrogen (secondary N) is 1. The third-order valence-electron chi connectivity index (χ3n) is 7.18. The Bertz CT molecular complexity index is 1480. The number of ether oxygens (including phenoxy) is 2. The minimum absolute atomic E-state index is 0.00421. The summed E-state index contributed by atoms with van der Waals surface area (Å²) in [7, 11) is 1.62. The third kappa shape index (κ3) is 5.19. The Kier molecular flexibility index (Phi) is 7.03. The van der Waals surface area contributed by atoms with Gasteiger partial charge in [-0.25, -0.2) is 0 Å². The van der Waals surface area contributed by atoms with Crippen LogP contribution in [-0.2, 0) is 16.2 Å². The number of carbonyl (C=O) groups excluding carboxylic acids is 2. The zero-order chi connectivity index (χ0) is 27.9. The number of carbonyl (C=O) groups is 2. The van der Waals surface area contributed by atoms with Crippen LogP contribution in [0.1, 0.15) is 50.8 Å². The van der Waals surface area contributed by atoms with Gasteiger partial charge in [0.2, 0.25) is 5.91 Å². The van der Waals surface area contributed by atoms with Crippen LogP contribution < -0.4 is 19.7 Å². The summed E-state index contributed by atoms with van der Waals surface area (Å²) < 4.78 is 11.2. The molecule has 2 aliphatic rings. The van der Waals surface area contributed by atoms with Crippen LogP contribution in [0.5, 0.6) is 17.2 Å². The number of rotatable bonds is 5. The maximum atomic E-state index is 13.7. The number of hydrogen-bond donors (Lipinski definition) is 2. The molecule has 202 valence electrons. The second-order valence-electron chi connectivity index (χ2n) is 10.7. The number of anilines is 2. The number of para-hydroxylation sites is 1. The predicted octanol–water partition coefficient (Wildman–Crippen LogP) is 6.80. The lowest BCUT2D eigenvalue weighted by atomic mass is 9.73. The Hall–Kier alpha value is -3.97. The number of methoxy groups -OCH3 is 1. The van der Waals surface area contributed by atoms with Gasteiger partial charge in [-0.05, 0) is 59.4 Å². The first-order valence-electron chi connectivity index (χ1n) is 12.8. The van der Waals surface area contributed by atoms with Crippen LogP contribution >= 0.6 is 11.6 Å². The molecule has 0 spiro atoms. The summed E-state index contributed by atoms with van der Waals surface area (Å²) in [4.78, 5) is 28.4. The van der Waals surface area contributed by atoms with Crippen LogP contribution in [0.15, 0.2) is 71.9 Å². The number of ketones is 1. The van der Waals surface area contributed by atoms with Gasteiger partial charge in [-0.3, -0.25) is 14.5 Å². The van der Waals surface area contributed by atoms with Crippen molar-refractivity contribution in [2.24, 2.45) is 5.41 Å². The molecule has 3 aromatic rings. The second-order valence-corrected chi connectivity index (χ2v) is 11.1. The van der Waals surface area contributed by atoms with Crippen LogP contribution in [-0.4, -0.2) is 23.9 Å². The van der Waals surface area contributed by atoms with Gasteiger partial charge in [-0.1, -0.05) is 49.7 Å². The van der Waals surface area contributed by atoms with E-state index >= 15 is 0 Å². The fourth-order valence-electron chi connectivity index (χ4n) is 5.39. The fourth-order valence-corrected chi connectivity index (χ4v) is 5.67. The van der Waals surface area contributed by atoms with Gasteiger partial charge >= 0.3 is 0 Å². The van der Waals surface area contributed by atoms with Gasteiger partial charge in [0.15, 0.2) is 5.78 Å². The number of amides is 1. The van der Waals surface area contributed by atoms with Crippen LogP contribution in [0.2, 0.25) is 5.02 Å². The van der Waals surface area contributed by atoms with Crippen LogP contribution in [0, 0.1) is 5.41 Å². The molecule has 5 rings (SSSR count). The Morgan fingerprint density at radius 1 is 1.10 bits per heavy atom. The van der Waals surface area contributed by atoms with Crippen molar-refractivity contribution in [3.63, 3.8) is 0 Å². The molecule has 39 heavy (non-hydrogen) atoms. The molecule has 0 radical (unpaired) electrons. The average Bonchev–Trinajstić information content (AvgIpc) is 3.02. The molecule has 1 aliphatic carbocycles. The Morgan fingerprint density at radius 3 is 2.49 bits per heavy atom. The molecule has 3 aromatic carbocycles. The summed E-state index contributed by atoms with van der Waals surface area (Å²) in [6.45, 7) is 5.85. The maximum absolute atomic E-state index is 13.7. The highest BCUT2D eigenvalue weighted by Gasteiger charge is 2.43.